The number of aromatic amines is 2. The Morgan fingerprint density at radius 1 is 1.04 bits per heavy atom. The minimum atomic E-state index is -3.96. The van der Waals surface area contributed by atoms with E-state index in [1.54, 1.807) is 0 Å². The number of nitrogens with one attached hydrogen (secondary N) is 2. The van der Waals surface area contributed by atoms with Gasteiger partial charge in [0.05, 0.1) is 0 Å². The molecule has 0 amide bonds. The van der Waals surface area contributed by atoms with Crippen LogP contribution in [0.2, 0.25) is 0 Å². The van der Waals surface area contributed by atoms with Crippen LogP contribution < -0.4 is 20.7 Å². The third-order valence-electron chi connectivity index (χ3n) is 4.58. The summed E-state index contributed by atoms with van der Waals surface area (Å²) in [6.45, 7) is 2.43. The first kappa shape index (κ1) is 17.8. The summed E-state index contributed by atoms with van der Waals surface area (Å²) < 4.78 is 37.2. The van der Waals surface area contributed by atoms with E-state index < -0.39 is 26.2 Å². The lowest BCUT2D eigenvalue weighted by molar-refractivity contribution is 0.173. The second-order valence-corrected chi connectivity index (χ2v) is 8.21. The number of H-pyrrole nitrogens is 2. The van der Waals surface area contributed by atoms with Crippen molar-refractivity contribution >= 4 is 10.0 Å². The molecule has 0 aliphatic carbocycles. The summed E-state index contributed by atoms with van der Waals surface area (Å²) in [6.07, 6.45) is 0.940. The summed E-state index contributed by atoms with van der Waals surface area (Å²) in [7, 11) is -3.96. The van der Waals surface area contributed by atoms with Crippen molar-refractivity contribution in [2.24, 2.45) is 0 Å². The molecular formula is C16H18N4O6S. The molecule has 10 nitrogen and oxygen atoms in total. The number of fused-ring (bicyclic) bond motifs is 1. The zero-order valence-corrected chi connectivity index (χ0v) is 15.1. The van der Waals surface area contributed by atoms with Crippen LogP contribution in [0.1, 0.15) is 5.56 Å². The van der Waals surface area contributed by atoms with E-state index in [2.05, 4.69) is 9.88 Å². The highest BCUT2D eigenvalue weighted by atomic mass is 32.2. The van der Waals surface area contributed by atoms with E-state index in [0.717, 1.165) is 17.5 Å². The van der Waals surface area contributed by atoms with E-state index in [9.17, 15) is 18.0 Å². The van der Waals surface area contributed by atoms with Crippen LogP contribution in [0.25, 0.3) is 0 Å². The summed E-state index contributed by atoms with van der Waals surface area (Å²) in [5, 5.41) is 0. The van der Waals surface area contributed by atoms with Crippen molar-refractivity contribution in [3.8, 4) is 11.5 Å². The molecule has 3 heterocycles. The predicted octanol–water partition coefficient (Wildman–Crippen LogP) is -0.702. The van der Waals surface area contributed by atoms with Gasteiger partial charge in [0.15, 0.2) is 16.4 Å². The Hall–Kier alpha value is -2.63. The van der Waals surface area contributed by atoms with Crippen molar-refractivity contribution in [1.82, 2.24) is 19.2 Å². The van der Waals surface area contributed by atoms with Crippen LogP contribution in [-0.4, -0.2) is 60.6 Å². The van der Waals surface area contributed by atoms with Crippen LogP contribution in [0.4, 0.5) is 0 Å². The van der Waals surface area contributed by atoms with Crippen molar-refractivity contribution in [2.45, 2.75) is 11.4 Å². The number of benzene rings is 1. The maximum atomic E-state index is 12.6. The van der Waals surface area contributed by atoms with Crippen molar-refractivity contribution < 1.29 is 17.9 Å². The third kappa shape index (κ3) is 3.48. The van der Waals surface area contributed by atoms with E-state index in [-0.39, 0.29) is 19.9 Å². The van der Waals surface area contributed by atoms with Gasteiger partial charge in [0.25, 0.3) is 5.56 Å². The molecule has 2 aromatic rings. The molecule has 0 bridgehead atoms. The van der Waals surface area contributed by atoms with Crippen LogP contribution in [0.5, 0.6) is 11.5 Å². The first-order chi connectivity index (χ1) is 12.9. The van der Waals surface area contributed by atoms with Crippen LogP contribution in [0.3, 0.4) is 0 Å². The third-order valence-corrected chi connectivity index (χ3v) is 6.48. The molecular weight excluding hydrogens is 376 g/mol. The number of piperazine rings is 1. The van der Waals surface area contributed by atoms with Crippen LogP contribution in [0.15, 0.2) is 38.9 Å². The minimum absolute atomic E-state index is 0.221. The average Bonchev–Trinajstić information content (AvgIpc) is 3.09. The highest BCUT2D eigenvalue weighted by Crippen LogP contribution is 2.32. The molecule has 0 atom stereocenters. The molecule has 2 aliphatic rings. The topological polar surface area (TPSA) is 125 Å². The molecule has 0 spiro atoms. The Kier molecular flexibility index (Phi) is 4.50. The number of nitrogens with zero attached hydrogens (tertiary/aromatic N) is 2. The molecule has 27 heavy (non-hydrogen) atoms. The second kappa shape index (κ2) is 6.83. The van der Waals surface area contributed by atoms with Crippen molar-refractivity contribution in [1.29, 1.82) is 0 Å². The molecule has 1 aromatic carbocycles. The maximum Gasteiger partial charge on any atom is 0.325 e. The fourth-order valence-electron chi connectivity index (χ4n) is 3.15. The van der Waals surface area contributed by atoms with Gasteiger partial charge in [0, 0.05) is 38.9 Å². The summed E-state index contributed by atoms with van der Waals surface area (Å²) in [5.41, 5.74) is -0.610. The highest BCUT2D eigenvalue weighted by Gasteiger charge is 2.30. The first-order valence-electron chi connectivity index (χ1n) is 8.36. The van der Waals surface area contributed by atoms with Gasteiger partial charge in [-0.3, -0.25) is 14.7 Å². The summed E-state index contributed by atoms with van der Waals surface area (Å²) in [4.78, 5) is 28.7. The molecule has 0 saturated carbocycles. The molecule has 11 heteroatoms. The second-order valence-electron chi connectivity index (χ2n) is 6.30. The number of ether oxygens (including phenoxy) is 2. The van der Waals surface area contributed by atoms with Crippen LogP contribution >= 0.6 is 0 Å². The maximum absolute atomic E-state index is 12.6. The number of hydrogen-bond acceptors (Lipinski definition) is 7. The SMILES string of the molecule is O=c1[nH]cc(S(=O)(=O)N2CCN(Cc3ccc4c(c3)OCO4)CC2)c(=O)[nH]1. The minimum Gasteiger partial charge on any atom is -0.454 e. The Balaban J connectivity index is 1.42. The average molecular weight is 394 g/mol. The Morgan fingerprint density at radius 3 is 2.52 bits per heavy atom. The van der Waals surface area contributed by atoms with E-state index in [0.29, 0.717) is 25.4 Å². The van der Waals surface area contributed by atoms with E-state index in [4.69, 9.17) is 9.47 Å². The van der Waals surface area contributed by atoms with Crippen molar-refractivity contribution in [2.75, 3.05) is 33.0 Å². The number of sulfonamides is 1. The molecule has 2 aliphatic heterocycles. The van der Waals surface area contributed by atoms with Gasteiger partial charge < -0.3 is 14.5 Å². The number of rotatable bonds is 4. The van der Waals surface area contributed by atoms with Gasteiger partial charge in [-0.15, -0.1) is 0 Å². The van der Waals surface area contributed by atoms with E-state index in [1.807, 2.05) is 23.2 Å². The van der Waals surface area contributed by atoms with Crippen LogP contribution in [0, 0.1) is 0 Å². The quantitative estimate of drug-likeness (QED) is 0.702. The first-order valence-corrected chi connectivity index (χ1v) is 9.80. The number of hydrogen-bond donors (Lipinski definition) is 2. The standard InChI is InChI=1S/C16H18N4O6S/c21-15-14(8-17-16(22)18-15)27(23,24)20-5-3-19(4-6-20)9-11-1-2-12-13(7-11)26-10-25-12/h1-2,7-8H,3-6,9-10H2,(H2,17,18,21,22). The molecule has 0 radical (unpaired) electrons. The summed E-state index contributed by atoms with van der Waals surface area (Å²) in [5.74, 6) is 1.44. The zero-order valence-electron chi connectivity index (χ0n) is 14.3. The predicted molar refractivity (Wildman–Crippen MR) is 94.3 cm³/mol. The van der Waals surface area contributed by atoms with Crippen molar-refractivity contribution in [3.05, 3.63) is 50.8 Å². The lowest BCUT2D eigenvalue weighted by Crippen LogP contribution is -2.49. The van der Waals surface area contributed by atoms with Gasteiger partial charge in [-0.25, -0.2) is 13.2 Å². The fraction of sp³-hybridized carbons (Fsp3) is 0.375. The highest BCUT2D eigenvalue weighted by molar-refractivity contribution is 7.89. The normalized spacial score (nSPS) is 17.9. The van der Waals surface area contributed by atoms with Crippen LogP contribution in [-0.2, 0) is 16.6 Å². The largest absolute Gasteiger partial charge is 0.454 e. The monoisotopic (exact) mass is 394 g/mol. The molecule has 4 rings (SSSR count). The summed E-state index contributed by atoms with van der Waals surface area (Å²) >= 11 is 0. The molecule has 1 saturated heterocycles. The molecule has 0 unspecified atom stereocenters. The molecule has 2 N–H and O–H groups in total. The summed E-state index contributed by atoms with van der Waals surface area (Å²) in [6, 6.07) is 5.74. The zero-order chi connectivity index (χ0) is 19.0. The Labute approximate surface area is 154 Å². The Morgan fingerprint density at radius 2 is 1.78 bits per heavy atom. The Bertz CT molecular complexity index is 1070. The van der Waals surface area contributed by atoms with E-state index >= 15 is 0 Å². The molecule has 1 fully saturated rings. The molecule has 144 valence electrons. The van der Waals surface area contributed by atoms with E-state index in [1.165, 1.54) is 4.31 Å². The van der Waals surface area contributed by atoms with Gasteiger partial charge in [-0.05, 0) is 17.7 Å². The number of aromatic nitrogens is 2. The lowest BCUT2D eigenvalue weighted by atomic mass is 10.2. The van der Waals surface area contributed by atoms with Gasteiger partial charge >= 0.3 is 5.69 Å². The van der Waals surface area contributed by atoms with Gasteiger partial charge in [-0.1, -0.05) is 6.07 Å². The lowest BCUT2D eigenvalue weighted by Gasteiger charge is -2.33. The van der Waals surface area contributed by atoms with Gasteiger partial charge in [-0.2, -0.15) is 4.31 Å². The smallest absolute Gasteiger partial charge is 0.325 e. The van der Waals surface area contributed by atoms with Gasteiger partial charge in [0.2, 0.25) is 16.8 Å². The molecule has 1 aromatic heterocycles. The van der Waals surface area contributed by atoms with Crippen molar-refractivity contribution in [3.63, 3.8) is 0 Å². The fourth-order valence-corrected chi connectivity index (χ4v) is 4.57. The van der Waals surface area contributed by atoms with Gasteiger partial charge in [0.1, 0.15) is 0 Å².